The normalized spacial score (nSPS) is 12.7. The molecule has 0 N–H and O–H groups in total. The van der Waals surface area contributed by atoms with E-state index >= 15 is 0 Å². The number of rotatable bonds is 6. The van der Waals surface area contributed by atoms with Gasteiger partial charge in [-0.1, -0.05) is 76.0 Å². The van der Waals surface area contributed by atoms with Gasteiger partial charge in [-0.05, 0) is 48.4 Å². The lowest BCUT2D eigenvalue weighted by Crippen LogP contribution is -2.23. The molecule has 0 fully saturated rings. The van der Waals surface area contributed by atoms with Crippen LogP contribution in [0.5, 0.6) is 0 Å². The van der Waals surface area contributed by atoms with Gasteiger partial charge in [-0.15, -0.1) is 0 Å². The van der Waals surface area contributed by atoms with Crippen LogP contribution >= 0.6 is 31.9 Å². The lowest BCUT2D eigenvalue weighted by molar-refractivity contribution is 0.613. The van der Waals surface area contributed by atoms with Crippen molar-refractivity contribution in [3.63, 3.8) is 0 Å². The summed E-state index contributed by atoms with van der Waals surface area (Å²) in [4.78, 5) is 18.3. The SMILES string of the molecule is CC[C@H](C)c1nc2ccc(Br)cc2c(=O)n1N=Cc1cn(Cc2ccc(Br)cc2)c2ccccc12. The van der Waals surface area contributed by atoms with Crippen LogP contribution in [0.2, 0.25) is 0 Å². The van der Waals surface area contributed by atoms with Crippen LogP contribution < -0.4 is 5.56 Å². The van der Waals surface area contributed by atoms with E-state index in [0.29, 0.717) is 16.7 Å². The van der Waals surface area contributed by atoms with Crippen molar-refractivity contribution in [2.45, 2.75) is 32.7 Å². The Bertz CT molecular complexity index is 1620. The smallest absolute Gasteiger partial charge is 0.282 e. The third-order valence-corrected chi connectivity index (χ3v) is 7.31. The standard InChI is InChI=1S/C28H24Br2N4O/c1-3-18(2)27-32-25-13-12-22(30)14-24(25)28(35)34(27)31-15-20-17-33(26-7-5-4-6-23(20)26)16-19-8-10-21(29)11-9-19/h4-15,17-18H,3,16H2,1-2H3/t18-/m0/s1. The summed E-state index contributed by atoms with van der Waals surface area (Å²) in [6.07, 6.45) is 4.73. The molecule has 7 heteroatoms. The molecule has 0 unspecified atom stereocenters. The minimum atomic E-state index is -0.165. The van der Waals surface area contributed by atoms with Crippen LogP contribution in [0.25, 0.3) is 21.8 Å². The molecular weight excluding hydrogens is 568 g/mol. The molecule has 0 aliphatic carbocycles. The zero-order chi connectivity index (χ0) is 24.5. The number of nitrogens with zero attached hydrogens (tertiary/aromatic N) is 4. The van der Waals surface area contributed by atoms with Crippen LogP contribution in [0.15, 0.2) is 91.8 Å². The molecular formula is C28H24Br2N4O. The summed E-state index contributed by atoms with van der Waals surface area (Å²) in [5.41, 5.74) is 3.80. The molecule has 0 aliphatic heterocycles. The van der Waals surface area contributed by atoms with Crippen molar-refractivity contribution in [2.24, 2.45) is 5.10 Å². The predicted octanol–water partition coefficient (Wildman–Crippen LogP) is 7.32. The average Bonchev–Trinajstić information content (AvgIpc) is 3.22. The summed E-state index contributed by atoms with van der Waals surface area (Å²) in [5, 5.41) is 6.32. The first-order chi connectivity index (χ1) is 16.9. The van der Waals surface area contributed by atoms with Gasteiger partial charge in [0.25, 0.3) is 5.56 Å². The molecule has 0 spiro atoms. The summed E-state index contributed by atoms with van der Waals surface area (Å²) in [6.45, 7) is 4.90. The molecule has 3 aromatic carbocycles. The first-order valence-corrected chi connectivity index (χ1v) is 13.1. The lowest BCUT2D eigenvalue weighted by Gasteiger charge is -2.13. The Morgan fingerprint density at radius 3 is 2.51 bits per heavy atom. The summed E-state index contributed by atoms with van der Waals surface area (Å²) in [6, 6.07) is 22.2. The van der Waals surface area contributed by atoms with E-state index in [1.807, 2.05) is 24.3 Å². The molecule has 0 bridgehead atoms. The van der Waals surface area contributed by atoms with Crippen molar-refractivity contribution in [1.29, 1.82) is 0 Å². The van der Waals surface area contributed by atoms with E-state index in [0.717, 1.165) is 38.4 Å². The fraction of sp³-hybridized carbons (Fsp3) is 0.179. The monoisotopic (exact) mass is 590 g/mol. The first kappa shape index (κ1) is 23.7. The number of aromatic nitrogens is 3. The number of halogens is 2. The maximum atomic E-state index is 13.5. The highest BCUT2D eigenvalue weighted by Gasteiger charge is 2.16. The summed E-state index contributed by atoms with van der Waals surface area (Å²) < 4.78 is 5.58. The van der Waals surface area contributed by atoms with Crippen LogP contribution in [-0.2, 0) is 6.54 Å². The quantitative estimate of drug-likeness (QED) is 0.194. The van der Waals surface area contributed by atoms with E-state index in [9.17, 15) is 4.79 Å². The molecule has 0 saturated carbocycles. The second-order valence-electron chi connectivity index (χ2n) is 8.66. The zero-order valence-electron chi connectivity index (χ0n) is 19.5. The molecule has 176 valence electrons. The van der Waals surface area contributed by atoms with E-state index in [1.54, 1.807) is 12.3 Å². The molecule has 5 rings (SSSR count). The number of para-hydroxylation sites is 1. The van der Waals surface area contributed by atoms with Crippen molar-refractivity contribution >= 4 is 59.9 Å². The molecule has 0 saturated heterocycles. The molecule has 5 nitrogen and oxygen atoms in total. The zero-order valence-corrected chi connectivity index (χ0v) is 22.6. The number of hydrogen-bond donors (Lipinski definition) is 0. The van der Waals surface area contributed by atoms with Crippen LogP contribution in [0.1, 0.15) is 43.1 Å². The maximum absolute atomic E-state index is 13.5. The summed E-state index contributed by atoms with van der Waals surface area (Å²) >= 11 is 6.97. The molecule has 1 atom stereocenters. The fourth-order valence-electron chi connectivity index (χ4n) is 4.19. The van der Waals surface area contributed by atoms with Crippen molar-refractivity contribution in [2.75, 3.05) is 0 Å². The van der Waals surface area contributed by atoms with Gasteiger partial charge in [0, 0.05) is 44.1 Å². The molecule has 2 heterocycles. The van der Waals surface area contributed by atoms with Gasteiger partial charge in [0.2, 0.25) is 0 Å². The summed E-state index contributed by atoms with van der Waals surface area (Å²) in [5.74, 6) is 0.758. The Morgan fingerprint density at radius 1 is 1.00 bits per heavy atom. The highest BCUT2D eigenvalue weighted by Crippen LogP contribution is 2.23. The Balaban J connectivity index is 1.61. The molecule has 0 amide bonds. The maximum Gasteiger partial charge on any atom is 0.282 e. The average molecular weight is 592 g/mol. The van der Waals surface area contributed by atoms with E-state index in [2.05, 4.69) is 98.0 Å². The van der Waals surface area contributed by atoms with Gasteiger partial charge in [-0.25, -0.2) is 4.98 Å². The van der Waals surface area contributed by atoms with Crippen molar-refractivity contribution in [3.8, 4) is 0 Å². The van der Waals surface area contributed by atoms with Crippen LogP contribution in [0, 0.1) is 0 Å². The molecule has 5 aromatic rings. The highest BCUT2D eigenvalue weighted by molar-refractivity contribution is 9.10. The van der Waals surface area contributed by atoms with E-state index < -0.39 is 0 Å². The third kappa shape index (κ3) is 4.75. The minimum absolute atomic E-state index is 0.0895. The lowest BCUT2D eigenvalue weighted by atomic mass is 10.1. The Hall–Kier alpha value is -3.03. The number of hydrogen-bond acceptors (Lipinski definition) is 3. The van der Waals surface area contributed by atoms with Crippen molar-refractivity contribution in [1.82, 2.24) is 14.2 Å². The largest absolute Gasteiger partial charge is 0.342 e. The second kappa shape index (κ2) is 9.91. The predicted molar refractivity (Wildman–Crippen MR) is 151 cm³/mol. The Kier molecular flexibility index (Phi) is 6.71. The van der Waals surface area contributed by atoms with Gasteiger partial charge in [0.05, 0.1) is 17.1 Å². The van der Waals surface area contributed by atoms with Gasteiger partial charge >= 0.3 is 0 Å². The fourth-order valence-corrected chi connectivity index (χ4v) is 4.82. The van der Waals surface area contributed by atoms with Gasteiger partial charge in [0.15, 0.2) is 0 Å². The van der Waals surface area contributed by atoms with Gasteiger partial charge in [-0.2, -0.15) is 9.78 Å². The van der Waals surface area contributed by atoms with E-state index in [4.69, 9.17) is 4.98 Å². The minimum Gasteiger partial charge on any atom is -0.342 e. The van der Waals surface area contributed by atoms with Gasteiger partial charge in [0.1, 0.15) is 5.82 Å². The second-order valence-corrected chi connectivity index (χ2v) is 10.5. The highest BCUT2D eigenvalue weighted by atomic mass is 79.9. The van der Waals surface area contributed by atoms with Gasteiger partial charge < -0.3 is 4.57 Å². The summed E-state index contributed by atoms with van der Waals surface area (Å²) in [7, 11) is 0. The van der Waals surface area contributed by atoms with Gasteiger partial charge in [-0.3, -0.25) is 4.79 Å². The molecule has 0 aliphatic rings. The number of benzene rings is 3. The van der Waals surface area contributed by atoms with Crippen molar-refractivity contribution < 1.29 is 0 Å². The van der Waals surface area contributed by atoms with E-state index in [1.165, 1.54) is 10.2 Å². The Labute approximate surface area is 220 Å². The van der Waals surface area contributed by atoms with Crippen LogP contribution in [-0.4, -0.2) is 20.4 Å². The molecule has 35 heavy (non-hydrogen) atoms. The number of fused-ring (bicyclic) bond motifs is 2. The first-order valence-electron chi connectivity index (χ1n) is 11.5. The Morgan fingerprint density at radius 2 is 1.74 bits per heavy atom. The van der Waals surface area contributed by atoms with Crippen LogP contribution in [0.3, 0.4) is 0 Å². The van der Waals surface area contributed by atoms with Crippen molar-refractivity contribution in [3.05, 3.63) is 109 Å². The third-order valence-electron chi connectivity index (χ3n) is 6.28. The van der Waals surface area contributed by atoms with Crippen LogP contribution in [0.4, 0.5) is 0 Å². The molecule has 2 aromatic heterocycles. The van der Waals surface area contributed by atoms with E-state index in [-0.39, 0.29) is 11.5 Å². The molecule has 0 radical (unpaired) electrons. The topological polar surface area (TPSA) is 52.2 Å².